The van der Waals surface area contributed by atoms with Gasteiger partial charge >= 0.3 is 0 Å². The number of rotatable bonds is 6. The first kappa shape index (κ1) is 19.1. The van der Waals surface area contributed by atoms with Gasteiger partial charge in [0.25, 0.3) is 5.91 Å². The fourth-order valence-electron chi connectivity index (χ4n) is 2.90. The molecule has 3 N–H and O–H groups in total. The van der Waals surface area contributed by atoms with Crippen molar-refractivity contribution in [2.45, 2.75) is 32.1 Å². The van der Waals surface area contributed by atoms with Crippen molar-refractivity contribution in [1.29, 1.82) is 0 Å². The second-order valence-electron chi connectivity index (χ2n) is 6.44. The zero-order valence-electron chi connectivity index (χ0n) is 13.7. The second kappa shape index (κ2) is 8.78. The molecule has 0 bridgehead atoms. The predicted molar refractivity (Wildman–Crippen MR) is 96.5 cm³/mol. The summed E-state index contributed by atoms with van der Waals surface area (Å²) < 4.78 is 0. The molecule has 2 heterocycles. The number of carbonyl (C=O) groups excluding carboxylic acids is 2. The van der Waals surface area contributed by atoms with Crippen LogP contribution in [0.15, 0.2) is 5.38 Å². The van der Waals surface area contributed by atoms with Crippen molar-refractivity contribution in [2.24, 2.45) is 17.6 Å². The molecule has 1 aromatic heterocycles. The lowest BCUT2D eigenvalue weighted by molar-refractivity contribution is -0.126. The quantitative estimate of drug-likeness (QED) is 0.790. The highest BCUT2D eigenvalue weighted by molar-refractivity contribution is 7.09. The van der Waals surface area contributed by atoms with E-state index in [1.54, 1.807) is 10.3 Å². The Balaban J connectivity index is 0.00000208. The van der Waals surface area contributed by atoms with Crippen molar-refractivity contribution in [3.05, 3.63) is 16.1 Å². The summed E-state index contributed by atoms with van der Waals surface area (Å²) in [6.07, 6.45) is 4.88. The topological polar surface area (TPSA) is 88.3 Å². The largest absolute Gasteiger partial charge is 0.356 e. The van der Waals surface area contributed by atoms with Crippen LogP contribution in [0, 0.1) is 11.8 Å². The van der Waals surface area contributed by atoms with Crippen LogP contribution < -0.4 is 11.1 Å². The molecule has 6 nitrogen and oxygen atoms in total. The first-order valence-corrected chi connectivity index (χ1v) is 9.26. The van der Waals surface area contributed by atoms with Gasteiger partial charge in [-0.05, 0) is 38.1 Å². The summed E-state index contributed by atoms with van der Waals surface area (Å²) >= 11 is 1.47. The minimum atomic E-state index is -0.0893. The van der Waals surface area contributed by atoms with Crippen molar-refractivity contribution in [3.63, 3.8) is 0 Å². The van der Waals surface area contributed by atoms with Gasteiger partial charge in [0.05, 0.1) is 10.9 Å². The number of aromatic nitrogens is 1. The summed E-state index contributed by atoms with van der Waals surface area (Å²) in [5.41, 5.74) is 6.00. The number of hydrogen-bond donors (Lipinski definition) is 2. The molecule has 1 saturated carbocycles. The number of likely N-dealkylation sites (tertiary alicyclic amines) is 1. The molecule has 1 aliphatic heterocycles. The molecule has 1 aliphatic carbocycles. The number of halogens is 1. The van der Waals surface area contributed by atoms with Gasteiger partial charge in [0, 0.05) is 31.4 Å². The highest BCUT2D eigenvalue weighted by Crippen LogP contribution is 2.28. The van der Waals surface area contributed by atoms with Gasteiger partial charge in [-0.15, -0.1) is 23.7 Å². The fraction of sp³-hybridized carbons (Fsp3) is 0.688. The normalized spacial score (nSPS) is 20.4. The molecular formula is C16H25ClN4O2S. The molecule has 24 heavy (non-hydrogen) atoms. The number of thiazole rings is 1. The minimum absolute atomic E-state index is 0. The third-order valence-corrected chi connectivity index (χ3v) is 5.38. The van der Waals surface area contributed by atoms with Gasteiger partial charge in [-0.3, -0.25) is 9.59 Å². The summed E-state index contributed by atoms with van der Waals surface area (Å²) in [5, 5.41) is 5.72. The SMILES string of the molecule is Cl.NCCc1nc(C(=O)N2CCCC(C(=O)NCC3CC3)C2)cs1. The van der Waals surface area contributed by atoms with Crippen molar-refractivity contribution in [1.82, 2.24) is 15.2 Å². The van der Waals surface area contributed by atoms with E-state index in [0.717, 1.165) is 24.4 Å². The molecule has 8 heteroatoms. The van der Waals surface area contributed by atoms with E-state index in [1.165, 1.54) is 24.2 Å². The van der Waals surface area contributed by atoms with E-state index in [0.29, 0.717) is 37.7 Å². The lowest BCUT2D eigenvalue weighted by atomic mass is 9.97. The third kappa shape index (κ3) is 4.91. The maximum absolute atomic E-state index is 12.6. The van der Waals surface area contributed by atoms with E-state index in [2.05, 4.69) is 10.3 Å². The summed E-state index contributed by atoms with van der Waals surface area (Å²) in [7, 11) is 0. The Morgan fingerprint density at radius 2 is 2.17 bits per heavy atom. The molecule has 0 spiro atoms. The van der Waals surface area contributed by atoms with Crippen LogP contribution in [-0.4, -0.2) is 47.9 Å². The van der Waals surface area contributed by atoms with Crippen LogP contribution in [-0.2, 0) is 11.2 Å². The molecule has 0 radical (unpaired) electrons. The van der Waals surface area contributed by atoms with Crippen LogP contribution in [0.2, 0.25) is 0 Å². The maximum atomic E-state index is 12.6. The number of nitrogens with zero attached hydrogens (tertiary/aromatic N) is 2. The fourth-order valence-corrected chi connectivity index (χ4v) is 3.68. The molecule has 3 rings (SSSR count). The Kier molecular flexibility index (Phi) is 7.01. The van der Waals surface area contributed by atoms with Gasteiger partial charge < -0.3 is 16.0 Å². The summed E-state index contributed by atoms with van der Waals surface area (Å²) in [4.78, 5) is 30.9. The monoisotopic (exact) mass is 372 g/mol. The van der Waals surface area contributed by atoms with E-state index < -0.39 is 0 Å². The van der Waals surface area contributed by atoms with Crippen LogP contribution in [0.5, 0.6) is 0 Å². The molecule has 1 unspecified atom stereocenters. The first-order chi connectivity index (χ1) is 11.2. The van der Waals surface area contributed by atoms with Crippen LogP contribution in [0.25, 0.3) is 0 Å². The predicted octanol–water partition coefficient (Wildman–Crippen LogP) is 1.44. The summed E-state index contributed by atoms with van der Waals surface area (Å²) in [6, 6.07) is 0. The van der Waals surface area contributed by atoms with Crippen LogP contribution in [0.3, 0.4) is 0 Å². The molecule has 2 fully saturated rings. The molecular weight excluding hydrogens is 348 g/mol. The van der Waals surface area contributed by atoms with Crippen molar-refractivity contribution >= 4 is 35.6 Å². The van der Waals surface area contributed by atoms with Gasteiger partial charge in [-0.1, -0.05) is 0 Å². The highest BCUT2D eigenvalue weighted by Gasteiger charge is 2.30. The first-order valence-electron chi connectivity index (χ1n) is 8.39. The van der Waals surface area contributed by atoms with E-state index in [1.807, 2.05) is 0 Å². The van der Waals surface area contributed by atoms with E-state index >= 15 is 0 Å². The zero-order chi connectivity index (χ0) is 16.2. The van der Waals surface area contributed by atoms with Gasteiger partial charge in [0.2, 0.25) is 5.91 Å². The minimum Gasteiger partial charge on any atom is -0.356 e. The standard InChI is InChI=1S/C16H24N4O2S.ClH/c17-6-5-14-19-13(10-23-14)16(22)20-7-1-2-12(9-20)15(21)18-8-11-3-4-11;/h10-12H,1-9,17H2,(H,18,21);1H. The average molecular weight is 373 g/mol. The smallest absolute Gasteiger partial charge is 0.273 e. The Morgan fingerprint density at radius 3 is 2.88 bits per heavy atom. The van der Waals surface area contributed by atoms with Crippen molar-refractivity contribution < 1.29 is 9.59 Å². The molecule has 1 saturated heterocycles. The van der Waals surface area contributed by atoms with Crippen LogP contribution in [0.4, 0.5) is 0 Å². The molecule has 1 atom stereocenters. The van der Waals surface area contributed by atoms with E-state index in [4.69, 9.17) is 5.73 Å². The van der Waals surface area contributed by atoms with Crippen LogP contribution >= 0.6 is 23.7 Å². The number of hydrogen-bond acceptors (Lipinski definition) is 5. The number of piperidine rings is 1. The molecule has 2 aliphatic rings. The molecule has 134 valence electrons. The maximum Gasteiger partial charge on any atom is 0.273 e. The van der Waals surface area contributed by atoms with E-state index in [-0.39, 0.29) is 30.1 Å². The number of nitrogens with one attached hydrogen (secondary N) is 1. The molecule has 0 aromatic carbocycles. The Bertz CT molecular complexity index is 576. The van der Waals surface area contributed by atoms with Gasteiger partial charge in [-0.2, -0.15) is 0 Å². The third-order valence-electron chi connectivity index (χ3n) is 4.47. The lowest BCUT2D eigenvalue weighted by Gasteiger charge is -2.31. The average Bonchev–Trinajstić information content (AvgIpc) is 3.29. The Labute approximate surface area is 152 Å². The molecule has 2 amide bonds. The lowest BCUT2D eigenvalue weighted by Crippen LogP contribution is -2.45. The number of carbonyl (C=O) groups is 2. The highest BCUT2D eigenvalue weighted by atomic mass is 35.5. The summed E-state index contributed by atoms with van der Waals surface area (Å²) in [5.74, 6) is 0.616. The Hall–Kier alpha value is -1.18. The van der Waals surface area contributed by atoms with Gasteiger partial charge in [-0.25, -0.2) is 4.98 Å². The van der Waals surface area contributed by atoms with Gasteiger partial charge in [0.15, 0.2) is 0 Å². The van der Waals surface area contributed by atoms with Crippen molar-refractivity contribution in [3.8, 4) is 0 Å². The number of amides is 2. The number of nitrogens with two attached hydrogens (primary N) is 1. The Morgan fingerprint density at radius 1 is 1.38 bits per heavy atom. The van der Waals surface area contributed by atoms with E-state index in [9.17, 15) is 9.59 Å². The van der Waals surface area contributed by atoms with Crippen LogP contribution in [0.1, 0.15) is 41.2 Å². The zero-order valence-corrected chi connectivity index (χ0v) is 15.3. The van der Waals surface area contributed by atoms with Gasteiger partial charge in [0.1, 0.15) is 5.69 Å². The second-order valence-corrected chi connectivity index (χ2v) is 7.39. The summed E-state index contributed by atoms with van der Waals surface area (Å²) in [6.45, 7) is 2.53. The molecule has 1 aromatic rings. The van der Waals surface area contributed by atoms with Crippen molar-refractivity contribution in [2.75, 3.05) is 26.2 Å².